The van der Waals surface area contributed by atoms with Crippen molar-refractivity contribution in [3.8, 4) is 0 Å². The lowest BCUT2D eigenvalue weighted by Crippen LogP contribution is -2.39. The molecule has 3 nitrogen and oxygen atoms in total. The molecule has 2 aliphatic rings. The monoisotopic (exact) mass is 240 g/mol. The fraction of sp³-hybridized carbons (Fsp3) is 1.00. The summed E-state index contributed by atoms with van der Waals surface area (Å²) in [5, 5.41) is 6.98. The highest BCUT2D eigenvalue weighted by molar-refractivity contribution is 5.12. The molecule has 2 fully saturated rings. The molecule has 1 heterocycles. The number of likely N-dealkylation sites (N-methyl/N-ethyl adjacent to an activating group) is 1. The van der Waals surface area contributed by atoms with Crippen LogP contribution in [0.25, 0.3) is 0 Å². The molecule has 0 aromatic rings. The summed E-state index contributed by atoms with van der Waals surface area (Å²) in [4.78, 5) is 0. The minimum atomic E-state index is 0.495. The van der Waals surface area contributed by atoms with Gasteiger partial charge in [0.15, 0.2) is 0 Å². The van der Waals surface area contributed by atoms with Crippen LogP contribution in [0, 0.1) is 22.7 Å². The van der Waals surface area contributed by atoms with Crippen LogP contribution in [0.4, 0.5) is 0 Å². The first kappa shape index (κ1) is 13.3. The minimum Gasteiger partial charge on any atom is -0.379 e. The second-order valence-electron chi connectivity index (χ2n) is 6.85. The Morgan fingerprint density at radius 1 is 1.06 bits per heavy atom. The van der Waals surface area contributed by atoms with Gasteiger partial charge in [-0.3, -0.25) is 0 Å². The predicted molar refractivity (Wildman–Crippen MR) is 71.1 cm³/mol. The molecule has 0 aromatic carbocycles. The van der Waals surface area contributed by atoms with Crippen molar-refractivity contribution in [1.29, 1.82) is 0 Å². The van der Waals surface area contributed by atoms with Crippen molar-refractivity contribution < 1.29 is 4.74 Å². The highest BCUT2D eigenvalue weighted by atomic mass is 16.5. The lowest BCUT2D eigenvalue weighted by molar-refractivity contribution is 0.182. The normalized spacial score (nSPS) is 35.1. The Kier molecular flexibility index (Phi) is 3.54. The van der Waals surface area contributed by atoms with Gasteiger partial charge in [-0.05, 0) is 30.3 Å². The van der Waals surface area contributed by atoms with E-state index in [2.05, 4.69) is 38.3 Å². The largest absolute Gasteiger partial charge is 0.379 e. The molecule has 17 heavy (non-hydrogen) atoms. The molecular weight excluding hydrogens is 212 g/mol. The summed E-state index contributed by atoms with van der Waals surface area (Å²) in [7, 11) is 2.03. The van der Waals surface area contributed by atoms with Crippen molar-refractivity contribution >= 4 is 0 Å². The van der Waals surface area contributed by atoms with E-state index in [1.165, 1.54) is 0 Å². The number of rotatable bonds is 5. The lowest BCUT2D eigenvalue weighted by Gasteiger charge is -2.17. The van der Waals surface area contributed by atoms with Gasteiger partial charge in [-0.1, -0.05) is 27.7 Å². The van der Waals surface area contributed by atoms with Crippen molar-refractivity contribution in [3.63, 3.8) is 0 Å². The highest BCUT2D eigenvalue weighted by Gasteiger charge is 2.63. The van der Waals surface area contributed by atoms with E-state index in [-0.39, 0.29) is 0 Å². The average Bonchev–Trinajstić information content (AvgIpc) is 2.64. The summed E-state index contributed by atoms with van der Waals surface area (Å²) >= 11 is 0. The first-order valence-electron chi connectivity index (χ1n) is 6.87. The molecule has 1 aliphatic heterocycles. The molecular formula is C14H28N2O. The van der Waals surface area contributed by atoms with Crippen molar-refractivity contribution in [2.45, 2.75) is 33.7 Å². The van der Waals surface area contributed by atoms with E-state index >= 15 is 0 Å². The van der Waals surface area contributed by atoms with Gasteiger partial charge >= 0.3 is 0 Å². The first-order valence-corrected chi connectivity index (χ1v) is 6.87. The fourth-order valence-electron chi connectivity index (χ4n) is 3.38. The molecule has 0 aromatic heterocycles. The van der Waals surface area contributed by atoms with E-state index < -0.39 is 0 Å². The van der Waals surface area contributed by atoms with Crippen molar-refractivity contribution in [2.24, 2.45) is 22.7 Å². The molecule has 100 valence electrons. The van der Waals surface area contributed by atoms with Gasteiger partial charge in [0.25, 0.3) is 0 Å². The van der Waals surface area contributed by atoms with Gasteiger partial charge in [0.05, 0.1) is 13.2 Å². The van der Waals surface area contributed by atoms with Crippen LogP contribution in [-0.4, -0.2) is 39.4 Å². The van der Waals surface area contributed by atoms with E-state index in [4.69, 9.17) is 4.74 Å². The van der Waals surface area contributed by atoms with Gasteiger partial charge in [0.1, 0.15) is 0 Å². The summed E-state index contributed by atoms with van der Waals surface area (Å²) < 4.78 is 5.51. The molecule has 0 radical (unpaired) electrons. The summed E-state index contributed by atoms with van der Waals surface area (Å²) in [6.45, 7) is 13.5. The Hall–Kier alpha value is -0.120. The molecule has 1 saturated carbocycles. The number of hydrogen-bond donors (Lipinski definition) is 2. The molecule has 2 atom stereocenters. The zero-order valence-corrected chi connectivity index (χ0v) is 12.0. The maximum atomic E-state index is 5.51. The molecule has 2 unspecified atom stereocenters. The Bertz CT molecular complexity index is 261. The second-order valence-corrected chi connectivity index (χ2v) is 6.85. The average molecular weight is 240 g/mol. The van der Waals surface area contributed by atoms with Crippen molar-refractivity contribution in [3.05, 3.63) is 0 Å². The SMILES string of the molecule is CNC1COCC1CNCC1C(C)(C)C1(C)C. The summed E-state index contributed by atoms with van der Waals surface area (Å²) in [5.41, 5.74) is 0.989. The van der Waals surface area contributed by atoms with Gasteiger partial charge in [0, 0.05) is 18.5 Å². The van der Waals surface area contributed by atoms with Crippen LogP contribution in [0.2, 0.25) is 0 Å². The Balaban J connectivity index is 1.71. The van der Waals surface area contributed by atoms with Gasteiger partial charge in [-0.25, -0.2) is 0 Å². The predicted octanol–water partition coefficient (Wildman–Crippen LogP) is 1.49. The molecule has 2 rings (SSSR count). The van der Waals surface area contributed by atoms with Crippen LogP contribution in [0.3, 0.4) is 0 Å². The zero-order valence-electron chi connectivity index (χ0n) is 12.0. The molecule has 0 spiro atoms. The highest BCUT2D eigenvalue weighted by Crippen LogP contribution is 2.67. The van der Waals surface area contributed by atoms with Crippen LogP contribution in [0.5, 0.6) is 0 Å². The van der Waals surface area contributed by atoms with E-state index in [1.807, 2.05) is 7.05 Å². The van der Waals surface area contributed by atoms with Crippen molar-refractivity contribution in [2.75, 3.05) is 33.4 Å². The maximum Gasteiger partial charge on any atom is 0.0623 e. The van der Waals surface area contributed by atoms with Gasteiger partial charge in [-0.15, -0.1) is 0 Å². The van der Waals surface area contributed by atoms with Gasteiger partial charge in [-0.2, -0.15) is 0 Å². The quantitative estimate of drug-likeness (QED) is 0.764. The minimum absolute atomic E-state index is 0.495. The number of ether oxygens (including phenoxy) is 1. The summed E-state index contributed by atoms with van der Waals surface area (Å²) in [6.07, 6.45) is 0. The van der Waals surface area contributed by atoms with E-state index in [0.717, 1.165) is 32.2 Å². The van der Waals surface area contributed by atoms with Crippen LogP contribution in [0.1, 0.15) is 27.7 Å². The molecule has 1 aliphatic carbocycles. The van der Waals surface area contributed by atoms with Crippen LogP contribution in [0.15, 0.2) is 0 Å². The third kappa shape index (κ3) is 2.25. The van der Waals surface area contributed by atoms with Crippen LogP contribution < -0.4 is 10.6 Å². The lowest BCUT2D eigenvalue weighted by atomic mass is 10.0. The molecule has 2 N–H and O–H groups in total. The third-order valence-electron chi connectivity index (χ3n) is 5.64. The Labute approximate surface area is 106 Å². The van der Waals surface area contributed by atoms with Gasteiger partial charge in [0.2, 0.25) is 0 Å². The number of hydrogen-bond acceptors (Lipinski definition) is 3. The van der Waals surface area contributed by atoms with E-state index in [9.17, 15) is 0 Å². The zero-order chi connectivity index (χ0) is 12.7. The Morgan fingerprint density at radius 2 is 1.71 bits per heavy atom. The summed E-state index contributed by atoms with van der Waals surface area (Å²) in [5.74, 6) is 1.44. The number of nitrogens with one attached hydrogen (secondary N) is 2. The molecule has 1 saturated heterocycles. The molecule has 0 bridgehead atoms. The second kappa shape index (κ2) is 4.52. The fourth-order valence-corrected chi connectivity index (χ4v) is 3.38. The van der Waals surface area contributed by atoms with Gasteiger partial charge < -0.3 is 15.4 Å². The smallest absolute Gasteiger partial charge is 0.0623 e. The molecule has 0 amide bonds. The summed E-state index contributed by atoms with van der Waals surface area (Å²) in [6, 6.07) is 0.530. The van der Waals surface area contributed by atoms with E-state index in [1.54, 1.807) is 0 Å². The third-order valence-corrected chi connectivity index (χ3v) is 5.64. The first-order chi connectivity index (χ1) is 7.91. The van der Waals surface area contributed by atoms with E-state index in [0.29, 0.717) is 22.8 Å². The maximum absolute atomic E-state index is 5.51. The van der Waals surface area contributed by atoms with Crippen LogP contribution >= 0.6 is 0 Å². The topological polar surface area (TPSA) is 33.3 Å². The standard InChI is InChI=1S/C14H28N2O/c1-13(2)12(14(13,3)4)7-16-6-10-8-17-9-11(10)15-5/h10-12,15-16H,6-9H2,1-5H3. The molecule has 3 heteroatoms. The van der Waals surface area contributed by atoms with Crippen molar-refractivity contribution in [1.82, 2.24) is 10.6 Å². The Morgan fingerprint density at radius 3 is 2.24 bits per heavy atom. The van der Waals surface area contributed by atoms with Crippen LogP contribution in [-0.2, 0) is 4.74 Å².